The van der Waals surface area contributed by atoms with Gasteiger partial charge in [-0.25, -0.2) is 0 Å². The van der Waals surface area contributed by atoms with E-state index < -0.39 is 0 Å². The largest absolute Gasteiger partial charge is 0.493 e. The normalized spacial score (nSPS) is 17.4. The van der Waals surface area contributed by atoms with Gasteiger partial charge in [0, 0.05) is 25.7 Å². The van der Waals surface area contributed by atoms with Crippen LogP contribution in [0.25, 0.3) is 6.08 Å². The van der Waals surface area contributed by atoms with E-state index in [1.165, 1.54) is 0 Å². The van der Waals surface area contributed by atoms with Crippen LogP contribution in [-0.2, 0) is 4.79 Å². The lowest BCUT2D eigenvalue weighted by atomic mass is 10.0. The quantitative estimate of drug-likeness (QED) is 0.702. The first-order chi connectivity index (χ1) is 14.1. The zero-order valence-electron chi connectivity index (χ0n) is 17.4. The van der Waals surface area contributed by atoms with Crippen LogP contribution in [-0.4, -0.2) is 63.7 Å². The molecule has 0 bridgehead atoms. The Balaban J connectivity index is 1.84. The molecule has 1 heterocycles. The Morgan fingerprint density at radius 3 is 2.24 bits per heavy atom. The molecule has 1 saturated heterocycles. The van der Waals surface area contributed by atoms with Gasteiger partial charge in [0.2, 0.25) is 11.7 Å². The summed E-state index contributed by atoms with van der Waals surface area (Å²) in [7, 11) is 6.80. The lowest BCUT2D eigenvalue weighted by Crippen LogP contribution is -2.48. The minimum Gasteiger partial charge on any atom is -0.493 e. The molecule has 1 amide bonds. The van der Waals surface area contributed by atoms with Crippen molar-refractivity contribution in [3.05, 3.63) is 59.7 Å². The van der Waals surface area contributed by atoms with Crippen molar-refractivity contribution in [1.82, 2.24) is 9.80 Å². The Bertz CT molecular complexity index is 841. The number of carbonyl (C=O) groups is 1. The zero-order chi connectivity index (χ0) is 20.8. The SMILES string of the molecule is COc1cc(/C=C/C(=O)N2CCN(C)CC2c2ccccc2)cc(OC)c1OC. The second-order valence-electron chi connectivity index (χ2n) is 7.01. The summed E-state index contributed by atoms with van der Waals surface area (Å²) in [5.41, 5.74) is 1.95. The molecule has 1 aliphatic heterocycles. The highest BCUT2D eigenvalue weighted by atomic mass is 16.5. The van der Waals surface area contributed by atoms with Crippen molar-refractivity contribution in [2.45, 2.75) is 6.04 Å². The molecule has 6 heteroatoms. The lowest BCUT2D eigenvalue weighted by Gasteiger charge is -2.40. The Morgan fingerprint density at radius 2 is 1.66 bits per heavy atom. The average molecular weight is 396 g/mol. The number of rotatable bonds is 6. The van der Waals surface area contributed by atoms with Gasteiger partial charge in [0.1, 0.15) is 0 Å². The van der Waals surface area contributed by atoms with Crippen molar-refractivity contribution in [3.63, 3.8) is 0 Å². The van der Waals surface area contributed by atoms with Crippen molar-refractivity contribution in [2.75, 3.05) is 48.0 Å². The molecule has 2 aromatic rings. The molecule has 1 unspecified atom stereocenters. The van der Waals surface area contributed by atoms with Gasteiger partial charge >= 0.3 is 0 Å². The summed E-state index contributed by atoms with van der Waals surface area (Å²) in [6, 6.07) is 13.9. The molecule has 1 fully saturated rings. The monoisotopic (exact) mass is 396 g/mol. The standard InChI is InChI=1S/C23H28N2O4/c1-24-12-13-25(19(16-24)18-8-6-5-7-9-18)22(26)11-10-17-14-20(27-2)23(29-4)21(15-17)28-3/h5-11,14-15,19H,12-13,16H2,1-4H3/b11-10+. The number of likely N-dealkylation sites (N-methyl/N-ethyl adjacent to an activating group) is 1. The average Bonchev–Trinajstić information content (AvgIpc) is 2.77. The maximum absolute atomic E-state index is 13.0. The first-order valence-corrected chi connectivity index (χ1v) is 9.59. The molecule has 0 spiro atoms. The molecule has 1 atom stereocenters. The van der Waals surface area contributed by atoms with Gasteiger partial charge in [-0.15, -0.1) is 0 Å². The minimum atomic E-state index is -0.0132. The van der Waals surface area contributed by atoms with Gasteiger partial charge in [-0.05, 0) is 36.4 Å². The fourth-order valence-electron chi connectivity index (χ4n) is 3.60. The van der Waals surface area contributed by atoms with E-state index in [4.69, 9.17) is 14.2 Å². The van der Waals surface area contributed by atoms with Gasteiger partial charge in [-0.2, -0.15) is 0 Å². The van der Waals surface area contributed by atoms with E-state index in [9.17, 15) is 4.79 Å². The van der Waals surface area contributed by atoms with E-state index in [0.29, 0.717) is 23.8 Å². The van der Waals surface area contributed by atoms with Crippen LogP contribution in [0.2, 0.25) is 0 Å². The number of hydrogen-bond acceptors (Lipinski definition) is 5. The highest BCUT2D eigenvalue weighted by Crippen LogP contribution is 2.38. The number of amides is 1. The predicted octanol–water partition coefficient (Wildman–Crippen LogP) is 3.24. The maximum atomic E-state index is 13.0. The maximum Gasteiger partial charge on any atom is 0.247 e. The van der Waals surface area contributed by atoms with Gasteiger partial charge in [-0.3, -0.25) is 4.79 Å². The van der Waals surface area contributed by atoms with Gasteiger partial charge < -0.3 is 24.0 Å². The highest BCUT2D eigenvalue weighted by molar-refractivity contribution is 5.92. The van der Waals surface area contributed by atoms with Crippen LogP contribution < -0.4 is 14.2 Å². The molecule has 3 rings (SSSR count). The van der Waals surface area contributed by atoms with E-state index in [0.717, 1.165) is 24.2 Å². The Morgan fingerprint density at radius 1 is 1.00 bits per heavy atom. The second kappa shape index (κ2) is 9.47. The predicted molar refractivity (Wildman–Crippen MR) is 114 cm³/mol. The lowest BCUT2D eigenvalue weighted by molar-refractivity contribution is -0.130. The number of methoxy groups -OCH3 is 3. The van der Waals surface area contributed by atoms with Crippen molar-refractivity contribution >= 4 is 12.0 Å². The third-order valence-corrected chi connectivity index (χ3v) is 5.16. The van der Waals surface area contributed by atoms with E-state index in [1.54, 1.807) is 33.5 Å². The molecular formula is C23H28N2O4. The van der Waals surface area contributed by atoms with Crippen molar-refractivity contribution in [1.29, 1.82) is 0 Å². The summed E-state index contributed by atoms with van der Waals surface area (Å²) >= 11 is 0. The number of ether oxygens (including phenoxy) is 3. The number of piperazine rings is 1. The second-order valence-corrected chi connectivity index (χ2v) is 7.01. The Hall–Kier alpha value is -2.99. The molecule has 1 aliphatic rings. The third kappa shape index (κ3) is 4.71. The molecule has 0 aromatic heterocycles. The molecule has 6 nitrogen and oxygen atoms in total. The van der Waals surface area contributed by atoms with E-state index in [2.05, 4.69) is 24.1 Å². The summed E-state index contributed by atoms with van der Waals surface area (Å²) in [6.07, 6.45) is 3.40. The van der Waals surface area contributed by atoms with Crippen molar-refractivity contribution in [3.8, 4) is 17.2 Å². The van der Waals surface area contributed by atoms with Crippen molar-refractivity contribution in [2.24, 2.45) is 0 Å². The van der Waals surface area contributed by atoms with Crippen LogP contribution in [0.3, 0.4) is 0 Å². The van der Waals surface area contributed by atoms with Crippen LogP contribution in [0, 0.1) is 0 Å². The van der Waals surface area contributed by atoms with Gasteiger partial charge in [0.15, 0.2) is 11.5 Å². The molecule has 0 N–H and O–H groups in total. The summed E-state index contributed by atoms with van der Waals surface area (Å²) < 4.78 is 16.1. The molecular weight excluding hydrogens is 368 g/mol. The van der Waals surface area contributed by atoms with Crippen molar-refractivity contribution < 1.29 is 19.0 Å². The van der Waals surface area contributed by atoms with Gasteiger partial charge in [0.05, 0.1) is 27.4 Å². The van der Waals surface area contributed by atoms with Gasteiger partial charge in [0.25, 0.3) is 0 Å². The molecule has 154 valence electrons. The van der Waals surface area contributed by atoms with Gasteiger partial charge in [-0.1, -0.05) is 30.3 Å². The first kappa shape index (κ1) is 20.7. The highest BCUT2D eigenvalue weighted by Gasteiger charge is 2.29. The van der Waals surface area contributed by atoms with Crippen LogP contribution in [0.4, 0.5) is 0 Å². The van der Waals surface area contributed by atoms with Crippen LogP contribution in [0.15, 0.2) is 48.5 Å². The number of carbonyl (C=O) groups excluding carboxylic acids is 1. The molecule has 2 aromatic carbocycles. The fourth-order valence-corrected chi connectivity index (χ4v) is 3.60. The van der Waals surface area contributed by atoms with E-state index in [-0.39, 0.29) is 11.9 Å². The molecule has 0 aliphatic carbocycles. The first-order valence-electron chi connectivity index (χ1n) is 9.59. The summed E-state index contributed by atoms with van der Waals surface area (Å²) in [5.74, 6) is 1.63. The summed E-state index contributed by atoms with van der Waals surface area (Å²) in [5, 5.41) is 0. The number of nitrogens with zero attached hydrogens (tertiary/aromatic N) is 2. The molecule has 0 saturated carbocycles. The zero-order valence-corrected chi connectivity index (χ0v) is 17.4. The summed E-state index contributed by atoms with van der Waals surface area (Å²) in [4.78, 5) is 17.2. The van der Waals surface area contributed by atoms with Crippen LogP contribution >= 0.6 is 0 Å². The van der Waals surface area contributed by atoms with E-state index >= 15 is 0 Å². The topological polar surface area (TPSA) is 51.2 Å². The number of hydrogen-bond donors (Lipinski definition) is 0. The summed E-state index contributed by atoms with van der Waals surface area (Å²) in [6.45, 7) is 2.36. The molecule has 29 heavy (non-hydrogen) atoms. The van der Waals surface area contributed by atoms with Crippen LogP contribution in [0.5, 0.6) is 17.2 Å². The minimum absolute atomic E-state index is 0.0132. The number of benzene rings is 2. The molecule has 0 radical (unpaired) electrons. The van der Waals surface area contributed by atoms with E-state index in [1.807, 2.05) is 35.2 Å². The Labute approximate surface area is 172 Å². The van der Waals surface area contributed by atoms with Crippen LogP contribution in [0.1, 0.15) is 17.2 Å². The fraction of sp³-hybridized carbons (Fsp3) is 0.348. The smallest absolute Gasteiger partial charge is 0.247 e. The Kier molecular flexibility index (Phi) is 6.77. The third-order valence-electron chi connectivity index (χ3n) is 5.16.